The van der Waals surface area contributed by atoms with E-state index in [1.54, 1.807) is 30.3 Å². The zero-order valence-electron chi connectivity index (χ0n) is 10.5. The number of amides is 1. The number of hydrogen-bond acceptors (Lipinski definition) is 2. The van der Waals surface area contributed by atoms with Crippen molar-refractivity contribution >= 4 is 27.5 Å². The van der Waals surface area contributed by atoms with Crippen LogP contribution in [-0.2, 0) is 5.33 Å². The maximum Gasteiger partial charge on any atom is 0.255 e. The number of aromatic hydroxyl groups is 1. The Hall–Kier alpha value is -1.81. The van der Waals surface area contributed by atoms with E-state index in [0.29, 0.717) is 11.3 Å². The van der Waals surface area contributed by atoms with Gasteiger partial charge in [0.2, 0.25) is 0 Å². The fraction of sp³-hybridized carbons (Fsp3) is 0.133. The van der Waals surface area contributed by atoms with Gasteiger partial charge in [0.05, 0.1) is 0 Å². The number of halogens is 1. The van der Waals surface area contributed by atoms with Crippen LogP contribution < -0.4 is 5.32 Å². The molecule has 98 valence electrons. The molecular weight excluding hydrogens is 306 g/mol. The maximum atomic E-state index is 12.1. The highest BCUT2D eigenvalue weighted by Crippen LogP contribution is 2.21. The van der Waals surface area contributed by atoms with Gasteiger partial charge >= 0.3 is 0 Å². The number of carbonyl (C=O) groups excluding carboxylic acids is 1. The third-order valence-electron chi connectivity index (χ3n) is 2.83. The van der Waals surface area contributed by atoms with E-state index in [0.717, 1.165) is 16.5 Å². The highest BCUT2D eigenvalue weighted by molar-refractivity contribution is 9.08. The monoisotopic (exact) mass is 319 g/mol. The van der Waals surface area contributed by atoms with Gasteiger partial charge in [-0.25, -0.2) is 0 Å². The van der Waals surface area contributed by atoms with E-state index in [1.165, 1.54) is 0 Å². The van der Waals surface area contributed by atoms with Crippen molar-refractivity contribution in [3.63, 3.8) is 0 Å². The van der Waals surface area contributed by atoms with Gasteiger partial charge in [-0.05, 0) is 48.4 Å². The van der Waals surface area contributed by atoms with E-state index in [2.05, 4.69) is 21.2 Å². The largest absolute Gasteiger partial charge is 0.508 e. The van der Waals surface area contributed by atoms with Gasteiger partial charge in [0.15, 0.2) is 0 Å². The van der Waals surface area contributed by atoms with Gasteiger partial charge < -0.3 is 10.4 Å². The molecule has 0 unspecified atom stereocenters. The average molecular weight is 320 g/mol. The predicted octanol–water partition coefficient (Wildman–Crippen LogP) is 3.85. The van der Waals surface area contributed by atoms with Gasteiger partial charge in [-0.2, -0.15) is 0 Å². The Bertz CT molecular complexity index is 594. The summed E-state index contributed by atoms with van der Waals surface area (Å²) in [5, 5.41) is 12.9. The first kappa shape index (κ1) is 13.6. The van der Waals surface area contributed by atoms with Crippen LogP contribution in [0.3, 0.4) is 0 Å². The van der Waals surface area contributed by atoms with Gasteiger partial charge in [0.25, 0.3) is 5.91 Å². The summed E-state index contributed by atoms with van der Waals surface area (Å²) < 4.78 is 0. The van der Waals surface area contributed by atoms with E-state index in [1.807, 2.05) is 19.1 Å². The normalized spacial score (nSPS) is 10.2. The first-order valence-corrected chi connectivity index (χ1v) is 6.98. The van der Waals surface area contributed by atoms with Crippen molar-refractivity contribution in [2.24, 2.45) is 0 Å². The van der Waals surface area contributed by atoms with E-state index in [9.17, 15) is 9.90 Å². The second-order valence-corrected chi connectivity index (χ2v) is 4.84. The van der Waals surface area contributed by atoms with Crippen molar-refractivity contribution in [2.45, 2.75) is 12.3 Å². The van der Waals surface area contributed by atoms with Crippen LogP contribution in [0.2, 0.25) is 0 Å². The zero-order valence-corrected chi connectivity index (χ0v) is 12.1. The predicted molar refractivity (Wildman–Crippen MR) is 79.9 cm³/mol. The van der Waals surface area contributed by atoms with E-state index >= 15 is 0 Å². The first-order chi connectivity index (χ1) is 9.10. The number of anilines is 1. The number of benzene rings is 2. The van der Waals surface area contributed by atoms with Crippen LogP contribution in [0, 0.1) is 6.92 Å². The Morgan fingerprint density at radius 1 is 1.21 bits per heavy atom. The molecule has 0 atom stereocenters. The summed E-state index contributed by atoms with van der Waals surface area (Å²) in [5.41, 5.74) is 3.26. The molecule has 0 bridgehead atoms. The van der Waals surface area contributed by atoms with Gasteiger partial charge in [-0.15, -0.1) is 0 Å². The molecule has 0 aromatic heterocycles. The Morgan fingerprint density at radius 2 is 1.89 bits per heavy atom. The van der Waals surface area contributed by atoms with Crippen molar-refractivity contribution in [3.05, 3.63) is 59.2 Å². The molecule has 0 spiro atoms. The lowest BCUT2D eigenvalue weighted by Gasteiger charge is -2.09. The van der Waals surface area contributed by atoms with Crippen LogP contribution in [0.4, 0.5) is 5.69 Å². The zero-order chi connectivity index (χ0) is 13.8. The number of nitrogens with one attached hydrogen (secondary N) is 1. The third-order valence-corrected chi connectivity index (χ3v) is 3.48. The molecule has 4 heteroatoms. The molecule has 2 N–H and O–H groups in total. The molecule has 2 rings (SSSR count). The van der Waals surface area contributed by atoms with Crippen LogP contribution in [0.5, 0.6) is 5.75 Å². The molecule has 0 aliphatic heterocycles. The highest BCUT2D eigenvalue weighted by atomic mass is 79.9. The Balaban J connectivity index is 2.15. The summed E-state index contributed by atoms with van der Waals surface area (Å²) in [5.74, 6) is 0.0343. The fourth-order valence-electron chi connectivity index (χ4n) is 1.73. The van der Waals surface area contributed by atoms with Crippen LogP contribution in [0.25, 0.3) is 0 Å². The summed E-state index contributed by atoms with van der Waals surface area (Å²) in [6, 6.07) is 12.3. The van der Waals surface area contributed by atoms with Crippen LogP contribution in [0.1, 0.15) is 21.5 Å². The smallest absolute Gasteiger partial charge is 0.255 e. The molecule has 2 aromatic carbocycles. The van der Waals surface area contributed by atoms with Gasteiger partial charge in [-0.3, -0.25) is 4.79 Å². The number of alkyl halides is 1. The quantitative estimate of drug-likeness (QED) is 0.667. The summed E-state index contributed by atoms with van der Waals surface area (Å²) in [6.45, 7) is 1.84. The molecule has 0 fully saturated rings. The molecule has 0 aliphatic rings. The fourth-order valence-corrected chi connectivity index (χ4v) is 2.10. The summed E-state index contributed by atoms with van der Waals surface area (Å²) in [6.07, 6.45) is 0. The standard InChI is InChI=1S/C15H14BrNO2/c1-10-8-13(18)6-7-14(10)17-15(19)12-4-2-11(9-16)3-5-12/h2-8,18H,9H2,1H3,(H,17,19). The number of hydrogen-bond donors (Lipinski definition) is 2. The Kier molecular flexibility index (Phi) is 4.22. The van der Waals surface area contributed by atoms with Crippen molar-refractivity contribution in [1.82, 2.24) is 0 Å². The third kappa shape index (κ3) is 3.35. The summed E-state index contributed by atoms with van der Waals surface area (Å²) in [4.78, 5) is 12.1. The van der Waals surface area contributed by atoms with Crippen LogP contribution in [0.15, 0.2) is 42.5 Å². The lowest BCUT2D eigenvalue weighted by molar-refractivity contribution is 0.102. The van der Waals surface area contributed by atoms with Crippen LogP contribution >= 0.6 is 15.9 Å². The molecule has 1 amide bonds. The number of phenols is 1. The minimum Gasteiger partial charge on any atom is -0.508 e. The summed E-state index contributed by atoms with van der Waals surface area (Å²) >= 11 is 3.36. The van der Waals surface area contributed by atoms with E-state index in [-0.39, 0.29) is 11.7 Å². The Labute approximate surface area is 120 Å². The molecule has 0 radical (unpaired) electrons. The van der Waals surface area contributed by atoms with E-state index < -0.39 is 0 Å². The lowest BCUT2D eigenvalue weighted by Crippen LogP contribution is -2.12. The summed E-state index contributed by atoms with van der Waals surface area (Å²) in [7, 11) is 0. The molecule has 0 saturated carbocycles. The number of phenolic OH excluding ortho intramolecular Hbond substituents is 1. The second-order valence-electron chi connectivity index (χ2n) is 4.28. The van der Waals surface area contributed by atoms with Crippen molar-refractivity contribution in [1.29, 1.82) is 0 Å². The van der Waals surface area contributed by atoms with Gasteiger partial charge in [0.1, 0.15) is 5.75 Å². The van der Waals surface area contributed by atoms with Gasteiger partial charge in [-0.1, -0.05) is 28.1 Å². The maximum absolute atomic E-state index is 12.1. The molecule has 2 aromatic rings. The van der Waals surface area contributed by atoms with Crippen molar-refractivity contribution in [2.75, 3.05) is 5.32 Å². The number of rotatable bonds is 3. The SMILES string of the molecule is Cc1cc(O)ccc1NC(=O)c1ccc(CBr)cc1. The Morgan fingerprint density at radius 3 is 2.47 bits per heavy atom. The van der Waals surface area contributed by atoms with Gasteiger partial charge in [0, 0.05) is 16.6 Å². The molecule has 3 nitrogen and oxygen atoms in total. The number of carbonyl (C=O) groups is 1. The second kappa shape index (κ2) is 5.89. The molecule has 0 saturated heterocycles. The van der Waals surface area contributed by atoms with E-state index in [4.69, 9.17) is 0 Å². The molecule has 0 aliphatic carbocycles. The molecule has 19 heavy (non-hydrogen) atoms. The lowest BCUT2D eigenvalue weighted by atomic mass is 10.1. The minimum absolute atomic E-state index is 0.157. The highest BCUT2D eigenvalue weighted by Gasteiger charge is 2.07. The van der Waals surface area contributed by atoms with Crippen LogP contribution in [-0.4, -0.2) is 11.0 Å². The number of aryl methyl sites for hydroxylation is 1. The topological polar surface area (TPSA) is 49.3 Å². The minimum atomic E-state index is -0.157. The average Bonchev–Trinajstić information content (AvgIpc) is 2.42. The first-order valence-electron chi connectivity index (χ1n) is 5.86. The molecule has 0 heterocycles. The van der Waals surface area contributed by atoms with Crippen molar-refractivity contribution < 1.29 is 9.90 Å². The van der Waals surface area contributed by atoms with Crippen molar-refractivity contribution in [3.8, 4) is 5.75 Å². The molecular formula is C15H14BrNO2.